The Bertz CT molecular complexity index is 802. The van der Waals surface area contributed by atoms with Crippen molar-refractivity contribution in [3.63, 3.8) is 0 Å². The van der Waals surface area contributed by atoms with Gasteiger partial charge in [0.25, 0.3) is 5.56 Å². The van der Waals surface area contributed by atoms with Gasteiger partial charge in [-0.3, -0.25) is 4.79 Å². The molecule has 1 N–H and O–H groups in total. The zero-order chi connectivity index (χ0) is 14.1. The van der Waals surface area contributed by atoms with Crippen LogP contribution < -0.4 is 5.56 Å². The van der Waals surface area contributed by atoms with Gasteiger partial charge in [-0.15, -0.1) is 0 Å². The minimum Gasteiger partial charge on any atom is -0.266 e. The van der Waals surface area contributed by atoms with Crippen LogP contribution in [0.25, 0.3) is 16.9 Å². The molecule has 0 fully saturated rings. The number of aromatic nitrogens is 4. The fourth-order valence-electron chi connectivity index (χ4n) is 2.18. The molecule has 3 rings (SSSR count). The minimum absolute atomic E-state index is 0.254. The van der Waals surface area contributed by atoms with E-state index in [2.05, 4.69) is 15.3 Å². The average molecular weight is 266 g/mol. The van der Waals surface area contributed by atoms with Crippen molar-refractivity contribution in [3.05, 3.63) is 64.2 Å². The summed E-state index contributed by atoms with van der Waals surface area (Å²) in [4.78, 5) is 12.0. The van der Waals surface area contributed by atoms with E-state index in [0.29, 0.717) is 11.4 Å². The molecule has 0 bridgehead atoms. The molecule has 0 atom stereocenters. The zero-order valence-corrected chi connectivity index (χ0v) is 11.3. The van der Waals surface area contributed by atoms with Crippen LogP contribution in [-0.4, -0.2) is 20.0 Å². The summed E-state index contributed by atoms with van der Waals surface area (Å²) in [5.41, 5.74) is 3.68. The standard InChI is InChI=1S/C15H14N4O/c1-10-8-11(2)19(18-10)14-9-13(16-17-15(14)20)12-6-4-3-5-7-12/h3-9H,1-2H3,(H,17,20). The number of benzene rings is 1. The normalized spacial score (nSPS) is 10.7. The Balaban J connectivity index is 2.17. The lowest BCUT2D eigenvalue weighted by Gasteiger charge is -2.05. The number of nitrogens with one attached hydrogen (secondary N) is 1. The van der Waals surface area contributed by atoms with E-state index in [1.807, 2.05) is 50.2 Å². The van der Waals surface area contributed by atoms with Crippen LogP contribution in [0, 0.1) is 13.8 Å². The van der Waals surface area contributed by atoms with E-state index in [-0.39, 0.29) is 5.56 Å². The van der Waals surface area contributed by atoms with Crippen molar-refractivity contribution in [2.24, 2.45) is 0 Å². The maximum Gasteiger partial charge on any atom is 0.290 e. The topological polar surface area (TPSA) is 63.6 Å². The molecule has 0 unspecified atom stereocenters. The molecule has 5 nitrogen and oxygen atoms in total. The average Bonchev–Trinajstić information content (AvgIpc) is 2.79. The smallest absolute Gasteiger partial charge is 0.266 e. The van der Waals surface area contributed by atoms with E-state index >= 15 is 0 Å². The number of aryl methyl sites for hydroxylation is 2. The highest BCUT2D eigenvalue weighted by Crippen LogP contribution is 2.17. The Morgan fingerprint density at radius 2 is 1.85 bits per heavy atom. The summed E-state index contributed by atoms with van der Waals surface area (Å²) < 4.78 is 1.64. The number of rotatable bonds is 2. The zero-order valence-electron chi connectivity index (χ0n) is 11.3. The summed E-state index contributed by atoms with van der Waals surface area (Å²) in [7, 11) is 0. The van der Waals surface area contributed by atoms with Gasteiger partial charge in [0, 0.05) is 11.3 Å². The Kier molecular flexibility index (Phi) is 2.95. The third kappa shape index (κ3) is 2.14. The van der Waals surface area contributed by atoms with Gasteiger partial charge in [0.2, 0.25) is 0 Å². The molecule has 0 spiro atoms. The maximum absolute atomic E-state index is 12.0. The van der Waals surface area contributed by atoms with Crippen molar-refractivity contribution < 1.29 is 0 Å². The Morgan fingerprint density at radius 3 is 2.50 bits per heavy atom. The lowest BCUT2D eigenvalue weighted by Crippen LogP contribution is -2.18. The van der Waals surface area contributed by atoms with Crippen LogP contribution in [0.15, 0.2) is 47.3 Å². The number of H-pyrrole nitrogens is 1. The van der Waals surface area contributed by atoms with E-state index in [1.54, 1.807) is 10.7 Å². The lowest BCUT2D eigenvalue weighted by molar-refractivity contribution is 0.807. The number of aromatic amines is 1. The molecule has 0 saturated carbocycles. The molecule has 3 aromatic rings. The second-order valence-electron chi connectivity index (χ2n) is 4.67. The Labute approximate surface area is 115 Å². The van der Waals surface area contributed by atoms with E-state index in [0.717, 1.165) is 17.0 Å². The predicted molar refractivity (Wildman–Crippen MR) is 76.9 cm³/mol. The Morgan fingerprint density at radius 1 is 1.10 bits per heavy atom. The van der Waals surface area contributed by atoms with Crippen molar-refractivity contribution in [1.29, 1.82) is 0 Å². The molecular formula is C15H14N4O. The van der Waals surface area contributed by atoms with Crippen LogP contribution in [0.4, 0.5) is 0 Å². The highest BCUT2D eigenvalue weighted by Gasteiger charge is 2.10. The fourth-order valence-corrected chi connectivity index (χ4v) is 2.18. The van der Waals surface area contributed by atoms with E-state index in [4.69, 9.17) is 0 Å². The third-order valence-electron chi connectivity index (χ3n) is 3.09. The van der Waals surface area contributed by atoms with Crippen LogP contribution in [0.3, 0.4) is 0 Å². The second kappa shape index (κ2) is 4.77. The van der Waals surface area contributed by atoms with Crippen LogP contribution in [0.1, 0.15) is 11.4 Å². The monoisotopic (exact) mass is 266 g/mol. The third-order valence-corrected chi connectivity index (χ3v) is 3.09. The molecule has 0 saturated heterocycles. The van der Waals surface area contributed by atoms with Crippen LogP contribution in [0.5, 0.6) is 0 Å². The molecule has 2 aromatic heterocycles. The minimum atomic E-state index is -0.254. The molecule has 0 amide bonds. The van der Waals surface area contributed by atoms with Crippen molar-refractivity contribution in [2.75, 3.05) is 0 Å². The van der Waals surface area contributed by atoms with E-state index in [1.165, 1.54) is 0 Å². The number of nitrogens with zero attached hydrogens (tertiary/aromatic N) is 3. The summed E-state index contributed by atoms with van der Waals surface area (Å²) >= 11 is 0. The predicted octanol–water partition coefficient (Wildman–Crippen LogP) is 2.24. The molecule has 100 valence electrons. The van der Waals surface area contributed by atoms with Gasteiger partial charge >= 0.3 is 0 Å². The SMILES string of the molecule is Cc1cc(C)n(-c2cc(-c3ccccc3)n[nH]c2=O)n1. The molecule has 20 heavy (non-hydrogen) atoms. The maximum atomic E-state index is 12.0. The molecule has 0 aliphatic heterocycles. The van der Waals surface area contributed by atoms with Gasteiger partial charge in [-0.05, 0) is 26.0 Å². The van der Waals surface area contributed by atoms with Gasteiger partial charge in [-0.25, -0.2) is 9.78 Å². The van der Waals surface area contributed by atoms with Crippen molar-refractivity contribution in [1.82, 2.24) is 20.0 Å². The van der Waals surface area contributed by atoms with Gasteiger partial charge in [0.1, 0.15) is 5.69 Å². The quantitative estimate of drug-likeness (QED) is 0.773. The first-order valence-electron chi connectivity index (χ1n) is 6.34. The first-order valence-corrected chi connectivity index (χ1v) is 6.34. The van der Waals surface area contributed by atoms with Crippen LogP contribution in [-0.2, 0) is 0 Å². The van der Waals surface area contributed by atoms with Gasteiger partial charge in [-0.1, -0.05) is 30.3 Å². The summed E-state index contributed by atoms with van der Waals surface area (Å²) in [6.45, 7) is 3.82. The molecule has 1 aromatic carbocycles. The van der Waals surface area contributed by atoms with Crippen molar-refractivity contribution >= 4 is 0 Å². The molecule has 0 radical (unpaired) electrons. The second-order valence-corrected chi connectivity index (χ2v) is 4.67. The largest absolute Gasteiger partial charge is 0.290 e. The van der Waals surface area contributed by atoms with E-state index in [9.17, 15) is 4.79 Å². The molecule has 5 heteroatoms. The number of hydrogen-bond donors (Lipinski definition) is 1. The highest BCUT2D eigenvalue weighted by molar-refractivity contribution is 5.60. The molecule has 0 aliphatic carbocycles. The molecular weight excluding hydrogens is 252 g/mol. The number of hydrogen-bond acceptors (Lipinski definition) is 3. The van der Waals surface area contributed by atoms with Gasteiger partial charge in [0.05, 0.1) is 11.4 Å². The van der Waals surface area contributed by atoms with E-state index < -0.39 is 0 Å². The summed E-state index contributed by atoms with van der Waals surface area (Å²) in [6.07, 6.45) is 0. The van der Waals surface area contributed by atoms with Gasteiger partial charge in [0.15, 0.2) is 0 Å². The van der Waals surface area contributed by atoms with Gasteiger partial charge < -0.3 is 0 Å². The highest BCUT2D eigenvalue weighted by atomic mass is 16.1. The van der Waals surface area contributed by atoms with Gasteiger partial charge in [-0.2, -0.15) is 10.2 Å². The first-order chi connectivity index (χ1) is 9.65. The summed E-state index contributed by atoms with van der Waals surface area (Å²) in [5, 5.41) is 11.0. The Hall–Kier alpha value is -2.69. The van der Waals surface area contributed by atoms with Crippen LogP contribution >= 0.6 is 0 Å². The van der Waals surface area contributed by atoms with Crippen molar-refractivity contribution in [2.45, 2.75) is 13.8 Å². The summed E-state index contributed by atoms with van der Waals surface area (Å²) in [6, 6.07) is 13.4. The fraction of sp³-hybridized carbons (Fsp3) is 0.133. The molecule has 0 aliphatic rings. The van der Waals surface area contributed by atoms with Crippen molar-refractivity contribution in [3.8, 4) is 16.9 Å². The molecule has 2 heterocycles. The summed E-state index contributed by atoms with van der Waals surface area (Å²) in [5.74, 6) is 0. The first kappa shape index (κ1) is 12.3. The lowest BCUT2D eigenvalue weighted by atomic mass is 10.1. The van der Waals surface area contributed by atoms with Crippen LogP contribution in [0.2, 0.25) is 0 Å².